The van der Waals surface area contributed by atoms with Crippen LogP contribution in [0.5, 0.6) is 11.6 Å². The largest absolute Gasteiger partial charge is 0.439 e. The van der Waals surface area contributed by atoms with Crippen molar-refractivity contribution in [3.63, 3.8) is 0 Å². The van der Waals surface area contributed by atoms with Crippen LogP contribution in [0.1, 0.15) is 11.1 Å². The van der Waals surface area contributed by atoms with Crippen LogP contribution in [0.25, 0.3) is 0 Å². The zero-order valence-corrected chi connectivity index (χ0v) is 10.9. The maximum atomic E-state index is 8.93. The molecule has 3 nitrogen and oxygen atoms in total. The molecule has 0 spiro atoms. The first-order valence-electron chi connectivity index (χ1n) is 5.19. The van der Waals surface area contributed by atoms with Gasteiger partial charge in [-0.1, -0.05) is 12.1 Å². The number of aryl methyl sites for hydroxylation is 1. The van der Waals surface area contributed by atoms with Crippen LogP contribution < -0.4 is 4.74 Å². The van der Waals surface area contributed by atoms with Crippen LogP contribution >= 0.6 is 15.9 Å². The van der Waals surface area contributed by atoms with Crippen LogP contribution in [-0.4, -0.2) is 10.1 Å². The topological polar surface area (TPSA) is 42.4 Å². The summed E-state index contributed by atoms with van der Waals surface area (Å²) in [6.45, 7) is 1.98. The van der Waals surface area contributed by atoms with Gasteiger partial charge in [-0.3, -0.25) is 0 Å². The molecular formula is C13H12BrNO2. The van der Waals surface area contributed by atoms with Gasteiger partial charge in [-0.05, 0) is 46.6 Å². The lowest BCUT2D eigenvalue weighted by molar-refractivity contribution is 0.281. The number of rotatable bonds is 3. The Kier molecular flexibility index (Phi) is 3.76. The molecule has 2 aromatic rings. The summed E-state index contributed by atoms with van der Waals surface area (Å²) in [5.41, 5.74) is 1.82. The van der Waals surface area contributed by atoms with Crippen molar-refractivity contribution in [3.05, 3.63) is 52.1 Å². The summed E-state index contributed by atoms with van der Waals surface area (Å²) in [6, 6.07) is 9.22. The van der Waals surface area contributed by atoms with Crippen LogP contribution in [0.15, 0.2) is 41.0 Å². The summed E-state index contributed by atoms with van der Waals surface area (Å²) >= 11 is 3.35. The van der Waals surface area contributed by atoms with Gasteiger partial charge in [0, 0.05) is 16.2 Å². The lowest BCUT2D eigenvalue weighted by Crippen LogP contribution is -1.91. The lowest BCUT2D eigenvalue weighted by Gasteiger charge is -2.07. The molecule has 0 saturated heterocycles. The molecule has 17 heavy (non-hydrogen) atoms. The summed E-state index contributed by atoms with van der Waals surface area (Å²) in [5, 5.41) is 8.93. The van der Waals surface area contributed by atoms with Crippen molar-refractivity contribution >= 4 is 15.9 Å². The fourth-order valence-electron chi connectivity index (χ4n) is 1.41. The molecule has 0 saturated carbocycles. The van der Waals surface area contributed by atoms with Gasteiger partial charge < -0.3 is 9.84 Å². The Morgan fingerprint density at radius 2 is 2.00 bits per heavy atom. The number of aliphatic hydroxyl groups is 1. The summed E-state index contributed by atoms with van der Waals surface area (Å²) in [6.07, 6.45) is 1.70. The maximum absolute atomic E-state index is 8.93. The molecule has 88 valence electrons. The predicted molar refractivity (Wildman–Crippen MR) is 69.1 cm³/mol. The van der Waals surface area contributed by atoms with Crippen molar-refractivity contribution in [3.8, 4) is 11.6 Å². The molecule has 1 aromatic heterocycles. The molecule has 0 atom stereocenters. The number of aliphatic hydroxyl groups excluding tert-OH is 1. The van der Waals surface area contributed by atoms with E-state index in [0.29, 0.717) is 11.6 Å². The zero-order valence-electron chi connectivity index (χ0n) is 9.35. The molecular weight excluding hydrogens is 282 g/mol. The molecule has 0 aliphatic carbocycles. The van der Waals surface area contributed by atoms with Gasteiger partial charge in [0.05, 0.1) is 6.61 Å². The SMILES string of the molecule is Cc1cc(Br)cnc1Oc1ccc(CO)cc1. The van der Waals surface area contributed by atoms with Crippen LogP contribution in [0.3, 0.4) is 0 Å². The molecule has 0 amide bonds. The molecule has 1 heterocycles. The highest BCUT2D eigenvalue weighted by Crippen LogP contribution is 2.24. The molecule has 2 rings (SSSR count). The Balaban J connectivity index is 2.19. The third-order valence-electron chi connectivity index (χ3n) is 2.32. The van der Waals surface area contributed by atoms with E-state index in [1.807, 2.05) is 37.3 Å². The Morgan fingerprint density at radius 3 is 2.59 bits per heavy atom. The van der Waals surface area contributed by atoms with Gasteiger partial charge in [-0.25, -0.2) is 4.98 Å². The minimum Gasteiger partial charge on any atom is -0.439 e. The van der Waals surface area contributed by atoms with Gasteiger partial charge in [0.2, 0.25) is 5.88 Å². The monoisotopic (exact) mass is 293 g/mol. The van der Waals surface area contributed by atoms with Crippen molar-refractivity contribution < 1.29 is 9.84 Å². The molecule has 0 aliphatic rings. The summed E-state index contributed by atoms with van der Waals surface area (Å²) in [4.78, 5) is 4.20. The van der Waals surface area contributed by atoms with Gasteiger partial charge >= 0.3 is 0 Å². The van der Waals surface area contributed by atoms with E-state index in [9.17, 15) is 0 Å². The third-order valence-corrected chi connectivity index (χ3v) is 2.75. The van der Waals surface area contributed by atoms with Crippen LogP contribution in [0.4, 0.5) is 0 Å². The van der Waals surface area contributed by atoms with E-state index >= 15 is 0 Å². The van der Waals surface area contributed by atoms with Gasteiger partial charge in [-0.15, -0.1) is 0 Å². The second kappa shape index (κ2) is 5.29. The fourth-order valence-corrected chi connectivity index (χ4v) is 1.86. The molecule has 4 heteroatoms. The summed E-state index contributed by atoms with van der Waals surface area (Å²) < 4.78 is 6.58. The molecule has 0 aliphatic heterocycles. The maximum Gasteiger partial charge on any atom is 0.222 e. The Hall–Kier alpha value is -1.39. The number of benzene rings is 1. The second-order valence-electron chi connectivity index (χ2n) is 3.68. The van der Waals surface area contributed by atoms with Gasteiger partial charge in [0.15, 0.2) is 0 Å². The first kappa shape index (κ1) is 12.1. The molecule has 0 fully saturated rings. The Bertz CT molecular complexity index is 511. The molecule has 1 N–H and O–H groups in total. The number of pyridine rings is 1. The number of ether oxygens (including phenoxy) is 1. The minimum absolute atomic E-state index is 0.0375. The van der Waals surface area contributed by atoms with Gasteiger partial charge in [0.1, 0.15) is 5.75 Å². The minimum atomic E-state index is 0.0375. The van der Waals surface area contributed by atoms with Crippen molar-refractivity contribution in [2.75, 3.05) is 0 Å². The highest BCUT2D eigenvalue weighted by molar-refractivity contribution is 9.10. The Labute approximate surface area is 108 Å². The second-order valence-corrected chi connectivity index (χ2v) is 4.60. The molecule has 1 aromatic carbocycles. The van der Waals surface area contributed by atoms with E-state index < -0.39 is 0 Å². The first-order chi connectivity index (χ1) is 8.19. The highest BCUT2D eigenvalue weighted by Gasteiger charge is 2.03. The summed E-state index contributed by atoms with van der Waals surface area (Å²) in [7, 11) is 0. The van der Waals surface area contributed by atoms with E-state index in [0.717, 1.165) is 15.6 Å². The first-order valence-corrected chi connectivity index (χ1v) is 5.98. The van der Waals surface area contributed by atoms with Gasteiger partial charge in [-0.2, -0.15) is 0 Å². The third kappa shape index (κ3) is 3.05. The Morgan fingerprint density at radius 1 is 1.29 bits per heavy atom. The molecule has 0 unspecified atom stereocenters. The normalized spacial score (nSPS) is 10.3. The lowest BCUT2D eigenvalue weighted by atomic mass is 10.2. The average molecular weight is 294 g/mol. The van der Waals surface area contributed by atoms with Crippen molar-refractivity contribution in [2.24, 2.45) is 0 Å². The average Bonchev–Trinajstić information content (AvgIpc) is 2.34. The number of hydrogen-bond donors (Lipinski definition) is 1. The quantitative estimate of drug-likeness (QED) is 0.943. The van der Waals surface area contributed by atoms with Crippen LogP contribution in [0, 0.1) is 6.92 Å². The zero-order chi connectivity index (χ0) is 12.3. The van der Waals surface area contributed by atoms with Crippen molar-refractivity contribution in [2.45, 2.75) is 13.5 Å². The van der Waals surface area contributed by atoms with E-state index in [2.05, 4.69) is 20.9 Å². The number of halogens is 1. The number of aromatic nitrogens is 1. The van der Waals surface area contributed by atoms with Crippen LogP contribution in [-0.2, 0) is 6.61 Å². The van der Waals surface area contributed by atoms with Crippen molar-refractivity contribution in [1.29, 1.82) is 0 Å². The number of nitrogens with zero attached hydrogens (tertiary/aromatic N) is 1. The number of hydrogen-bond acceptors (Lipinski definition) is 3. The smallest absolute Gasteiger partial charge is 0.222 e. The predicted octanol–water partition coefficient (Wildman–Crippen LogP) is 3.44. The van der Waals surface area contributed by atoms with Crippen LogP contribution in [0.2, 0.25) is 0 Å². The van der Waals surface area contributed by atoms with Gasteiger partial charge in [0.25, 0.3) is 0 Å². The summed E-state index contributed by atoms with van der Waals surface area (Å²) in [5.74, 6) is 1.30. The van der Waals surface area contributed by atoms with E-state index in [4.69, 9.17) is 9.84 Å². The standard InChI is InChI=1S/C13H12BrNO2/c1-9-6-11(14)7-15-13(9)17-12-4-2-10(8-16)3-5-12/h2-7,16H,8H2,1H3. The molecule has 0 bridgehead atoms. The van der Waals surface area contributed by atoms with E-state index in [-0.39, 0.29) is 6.61 Å². The van der Waals surface area contributed by atoms with E-state index in [1.165, 1.54) is 0 Å². The van der Waals surface area contributed by atoms with Crippen molar-refractivity contribution in [1.82, 2.24) is 4.98 Å². The fraction of sp³-hybridized carbons (Fsp3) is 0.154. The highest BCUT2D eigenvalue weighted by atomic mass is 79.9. The van der Waals surface area contributed by atoms with E-state index in [1.54, 1.807) is 6.20 Å². The molecule has 0 radical (unpaired) electrons.